The van der Waals surface area contributed by atoms with Gasteiger partial charge in [0, 0.05) is 6.42 Å². The van der Waals surface area contributed by atoms with Crippen LogP contribution in [0.4, 0.5) is 0 Å². The van der Waals surface area contributed by atoms with E-state index < -0.39 is 0 Å². The number of hydrogen-bond donors (Lipinski definition) is 0. The van der Waals surface area contributed by atoms with E-state index in [0.29, 0.717) is 0 Å². The standard InChI is InChI=1S/C10H12N2/c11-12-9-5-4-8-10-6-2-1-3-7-10/h1-3,6-7,9H,4-5,8H2. The summed E-state index contributed by atoms with van der Waals surface area (Å²) in [6, 6.07) is 10.3. The van der Waals surface area contributed by atoms with Gasteiger partial charge in [-0.05, 0) is 18.4 Å². The molecule has 0 saturated carbocycles. The molecule has 0 amide bonds. The predicted octanol–water partition coefficient (Wildman–Crippen LogP) is 2.31. The van der Waals surface area contributed by atoms with Crippen molar-refractivity contribution in [3.63, 3.8) is 0 Å². The molecule has 0 N–H and O–H groups in total. The lowest BCUT2D eigenvalue weighted by Crippen LogP contribution is -1.85. The molecule has 1 rings (SSSR count). The molecule has 1 aromatic rings. The van der Waals surface area contributed by atoms with Crippen molar-refractivity contribution >= 4 is 6.21 Å². The van der Waals surface area contributed by atoms with Gasteiger partial charge in [0.05, 0.1) is 0 Å². The first-order valence-corrected chi connectivity index (χ1v) is 4.13. The molecule has 0 heterocycles. The van der Waals surface area contributed by atoms with Crippen LogP contribution in [0.1, 0.15) is 18.4 Å². The average Bonchev–Trinajstić information content (AvgIpc) is 2.14. The summed E-state index contributed by atoms with van der Waals surface area (Å²) in [6.07, 6.45) is 4.45. The third-order valence-electron chi connectivity index (χ3n) is 1.72. The monoisotopic (exact) mass is 160 g/mol. The molecule has 0 bridgehead atoms. The molecule has 0 fully saturated rings. The maximum Gasteiger partial charge on any atom is 0.257 e. The van der Waals surface area contributed by atoms with Gasteiger partial charge >= 0.3 is 0 Å². The number of aryl methyl sites for hydroxylation is 1. The SMILES string of the molecule is [N-]=[N+]=CCCCc1ccccc1. The van der Waals surface area contributed by atoms with E-state index in [2.05, 4.69) is 16.9 Å². The molecule has 0 unspecified atom stereocenters. The van der Waals surface area contributed by atoms with Crippen LogP contribution in [-0.4, -0.2) is 11.0 Å². The van der Waals surface area contributed by atoms with Crippen LogP contribution < -0.4 is 0 Å². The lowest BCUT2D eigenvalue weighted by atomic mass is 10.1. The molecule has 12 heavy (non-hydrogen) atoms. The van der Waals surface area contributed by atoms with Crippen molar-refractivity contribution in [2.45, 2.75) is 19.3 Å². The minimum absolute atomic E-state index is 0.839. The maximum atomic E-state index is 8.13. The van der Waals surface area contributed by atoms with Crippen LogP contribution in [0, 0.1) is 0 Å². The fourth-order valence-corrected chi connectivity index (χ4v) is 1.10. The Hall–Kier alpha value is -1.40. The van der Waals surface area contributed by atoms with Gasteiger partial charge in [-0.25, -0.2) is 0 Å². The second-order valence-electron chi connectivity index (χ2n) is 2.68. The Bertz CT molecular complexity index is 260. The zero-order chi connectivity index (χ0) is 8.65. The normalized spacial score (nSPS) is 9.00. The molecule has 0 radical (unpaired) electrons. The van der Waals surface area contributed by atoms with Crippen LogP contribution in [0.25, 0.3) is 5.53 Å². The van der Waals surface area contributed by atoms with Crippen LogP contribution in [0.2, 0.25) is 0 Å². The molecule has 0 aliphatic rings. The molecule has 0 aliphatic carbocycles. The van der Waals surface area contributed by atoms with Gasteiger partial charge in [0.2, 0.25) is 0 Å². The van der Waals surface area contributed by atoms with Gasteiger partial charge in [0.25, 0.3) is 6.21 Å². The van der Waals surface area contributed by atoms with Gasteiger partial charge in [-0.3, -0.25) is 0 Å². The van der Waals surface area contributed by atoms with E-state index in [9.17, 15) is 0 Å². The Morgan fingerprint density at radius 2 is 2.00 bits per heavy atom. The third-order valence-corrected chi connectivity index (χ3v) is 1.72. The summed E-state index contributed by atoms with van der Waals surface area (Å²) in [5, 5.41) is 0. The number of nitrogens with zero attached hydrogens (tertiary/aromatic N) is 2. The second-order valence-corrected chi connectivity index (χ2v) is 2.68. The summed E-state index contributed by atoms with van der Waals surface area (Å²) in [7, 11) is 0. The highest BCUT2D eigenvalue weighted by Gasteiger charge is 1.91. The van der Waals surface area contributed by atoms with E-state index in [1.807, 2.05) is 18.2 Å². The zero-order valence-electron chi connectivity index (χ0n) is 6.98. The van der Waals surface area contributed by atoms with Gasteiger partial charge in [-0.15, -0.1) is 0 Å². The van der Waals surface area contributed by atoms with Crippen LogP contribution >= 0.6 is 0 Å². The lowest BCUT2D eigenvalue weighted by molar-refractivity contribution is 0.000787. The van der Waals surface area contributed by atoms with Gasteiger partial charge in [0.15, 0.2) is 0 Å². The van der Waals surface area contributed by atoms with E-state index in [0.717, 1.165) is 19.3 Å². The fourth-order valence-electron chi connectivity index (χ4n) is 1.10. The van der Waals surface area contributed by atoms with Gasteiger partial charge in [-0.1, -0.05) is 30.3 Å². The molecule has 2 nitrogen and oxygen atoms in total. The first kappa shape index (κ1) is 8.69. The Kier molecular flexibility index (Phi) is 3.82. The van der Waals surface area contributed by atoms with Crippen molar-refractivity contribution in [3.8, 4) is 0 Å². The molecular formula is C10H12N2. The van der Waals surface area contributed by atoms with Gasteiger partial charge in [0.1, 0.15) is 0 Å². The van der Waals surface area contributed by atoms with E-state index in [-0.39, 0.29) is 0 Å². The highest BCUT2D eigenvalue weighted by molar-refractivity contribution is 5.49. The van der Waals surface area contributed by atoms with Crippen LogP contribution in [0.3, 0.4) is 0 Å². The number of unbranched alkanes of at least 4 members (excludes halogenated alkanes) is 1. The second kappa shape index (κ2) is 5.28. The predicted molar refractivity (Wildman–Crippen MR) is 49.1 cm³/mol. The van der Waals surface area contributed by atoms with Crippen molar-refractivity contribution < 1.29 is 4.79 Å². The van der Waals surface area contributed by atoms with Gasteiger partial charge in [-0.2, -0.15) is 4.79 Å². The number of rotatable bonds is 4. The Morgan fingerprint density at radius 3 is 2.67 bits per heavy atom. The van der Waals surface area contributed by atoms with E-state index in [1.165, 1.54) is 11.8 Å². The largest absolute Gasteiger partial charge is 0.362 e. The summed E-state index contributed by atoms with van der Waals surface area (Å²) in [5.74, 6) is 0. The Balaban J connectivity index is 2.29. The lowest BCUT2D eigenvalue weighted by Gasteiger charge is -1.95. The van der Waals surface area contributed by atoms with Crippen molar-refractivity contribution in [2.24, 2.45) is 0 Å². The maximum absolute atomic E-state index is 8.13. The number of hydrogen-bond acceptors (Lipinski definition) is 0. The van der Waals surface area contributed by atoms with Crippen LogP contribution in [0.5, 0.6) is 0 Å². The summed E-state index contributed by atoms with van der Waals surface area (Å²) < 4.78 is 0. The molecule has 2 heteroatoms. The molecule has 62 valence electrons. The summed E-state index contributed by atoms with van der Waals surface area (Å²) in [6.45, 7) is 0. The van der Waals surface area contributed by atoms with Crippen LogP contribution in [-0.2, 0) is 6.42 Å². The molecule has 0 atom stereocenters. The molecule has 0 saturated heterocycles. The average molecular weight is 160 g/mol. The van der Waals surface area contributed by atoms with Crippen LogP contribution in [0.15, 0.2) is 30.3 Å². The van der Waals surface area contributed by atoms with Crippen molar-refractivity contribution in [1.82, 2.24) is 0 Å². The summed E-state index contributed by atoms with van der Waals surface area (Å²) in [5.41, 5.74) is 9.47. The first-order valence-electron chi connectivity index (χ1n) is 4.13. The summed E-state index contributed by atoms with van der Waals surface area (Å²) >= 11 is 0. The van der Waals surface area contributed by atoms with Crippen molar-refractivity contribution in [3.05, 3.63) is 41.4 Å². The molecule has 0 aliphatic heterocycles. The molecule has 0 spiro atoms. The minimum atomic E-state index is 0.839. The highest BCUT2D eigenvalue weighted by atomic mass is 14.8. The Morgan fingerprint density at radius 1 is 1.25 bits per heavy atom. The van der Waals surface area contributed by atoms with Crippen molar-refractivity contribution in [2.75, 3.05) is 0 Å². The highest BCUT2D eigenvalue weighted by Crippen LogP contribution is 2.02. The smallest absolute Gasteiger partial charge is 0.257 e. The van der Waals surface area contributed by atoms with E-state index >= 15 is 0 Å². The summed E-state index contributed by atoms with van der Waals surface area (Å²) in [4.78, 5) is 2.94. The minimum Gasteiger partial charge on any atom is -0.362 e. The first-order chi connectivity index (χ1) is 5.93. The zero-order valence-corrected chi connectivity index (χ0v) is 6.98. The van der Waals surface area contributed by atoms with E-state index in [4.69, 9.17) is 5.53 Å². The molecular weight excluding hydrogens is 148 g/mol. The fraction of sp³-hybridized carbons (Fsp3) is 0.300. The Labute approximate surface area is 72.5 Å². The van der Waals surface area contributed by atoms with Crippen molar-refractivity contribution in [1.29, 1.82) is 0 Å². The molecule has 1 aromatic carbocycles. The number of benzene rings is 1. The quantitative estimate of drug-likeness (QED) is 0.280. The van der Waals surface area contributed by atoms with E-state index in [1.54, 1.807) is 0 Å². The molecule has 0 aromatic heterocycles. The third kappa shape index (κ3) is 3.13. The van der Waals surface area contributed by atoms with Gasteiger partial charge < -0.3 is 5.53 Å². The topological polar surface area (TPSA) is 36.4 Å².